The summed E-state index contributed by atoms with van der Waals surface area (Å²) in [5, 5.41) is 13.0. The van der Waals surface area contributed by atoms with E-state index < -0.39 is 5.97 Å². The highest BCUT2D eigenvalue weighted by Gasteiger charge is 2.18. The van der Waals surface area contributed by atoms with Crippen LogP contribution in [0.3, 0.4) is 0 Å². The summed E-state index contributed by atoms with van der Waals surface area (Å²) < 4.78 is 2.52. The van der Waals surface area contributed by atoms with Crippen molar-refractivity contribution in [1.29, 1.82) is 0 Å². The van der Waals surface area contributed by atoms with Crippen LogP contribution >= 0.6 is 15.9 Å². The van der Waals surface area contributed by atoms with Gasteiger partial charge in [0.05, 0.1) is 27.8 Å². The van der Waals surface area contributed by atoms with Gasteiger partial charge in [-0.15, -0.1) is 0 Å². The summed E-state index contributed by atoms with van der Waals surface area (Å²) in [7, 11) is 1.81. The highest BCUT2D eigenvalue weighted by atomic mass is 79.9. The second-order valence-corrected chi connectivity index (χ2v) is 4.72. The minimum atomic E-state index is -1.13. The molecule has 2 aromatic rings. The van der Waals surface area contributed by atoms with Crippen LogP contribution in [0.25, 0.3) is 11.3 Å². The van der Waals surface area contributed by atoms with E-state index >= 15 is 0 Å². The minimum absolute atomic E-state index is 0.188. The summed E-state index contributed by atoms with van der Waals surface area (Å²) in [5.41, 5.74) is 2.86. The lowest BCUT2D eigenvalue weighted by Crippen LogP contribution is -2.09. The first kappa shape index (κ1) is 12.7. The van der Waals surface area contributed by atoms with Gasteiger partial charge in [-0.2, -0.15) is 5.10 Å². The molecule has 0 spiro atoms. The van der Waals surface area contributed by atoms with Crippen molar-refractivity contribution in [3.8, 4) is 11.3 Å². The van der Waals surface area contributed by atoms with Crippen LogP contribution in [0.5, 0.6) is 0 Å². The molecule has 0 radical (unpaired) electrons. The first-order valence-electron chi connectivity index (χ1n) is 5.18. The van der Waals surface area contributed by atoms with Crippen molar-refractivity contribution >= 4 is 21.9 Å². The first-order chi connectivity index (χ1) is 8.41. The minimum Gasteiger partial charge on any atom is -0.475 e. The van der Waals surface area contributed by atoms with Crippen molar-refractivity contribution in [1.82, 2.24) is 19.7 Å². The van der Waals surface area contributed by atoms with Crippen molar-refractivity contribution in [3.05, 3.63) is 27.9 Å². The topological polar surface area (TPSA) is 80.9 Å². The summed E-state index contributed by atoms with van der Waals surface area (Å²) in [5.74, 6) is -1.32. The Morgan fingerprint density at radius 3 is 2.28 bits per heavy atom. The van der Waals surface area contributed by atoms with E-state index in [1.807, 2.05) is 7.05 Å². The lowest BCUT2D eigenvalue weighted by atomic mass is 10.1. The van der Waals surface area contributed by atoms with E-state index in [0.29, 0.717) is 11.4 Å². The quantitative estimate of drug-likeness (QED) is 0.917. The van der Waals surface area contributed by atoms with Crippen molar-refractivity contribution in [2.24, 2.45) is 7.05 Å². The van der Waals surface area contributed by atoms with Gasteiger partial charge in [-0.05, 0) is 29.8 Å². The third-order valence-electron chi connectivity index (χ3n) is 2.59. The van der Waals surface area contributed by atoms with Gasteiger partial charge in [0.15, 0.2) is 0 Å². The number of halogens is 1. The lowest BCUT2D eigenvalue weighted by molar-refractivity contribution is 0.0683. The smallest absolute Gasteiger partial charge is 0.373 e. The second kappa shape index (κ2) is 4.49. The molecule has 6 nitrogen and oxygen atoms in total. The number of aromatic carboxylic acids is 1. The van der Waals surface area contributed by atoms with Crippen molar-refractivity contribution in [2.75, 3.05) is 0 Å². The van der Waals surface area contributed by atoms with E-state index in [1.54, 1.807) is 24.7 Å². The maximum atomic E-state index is 10.9. The molecule has 18 heavy (non-hydrogen) atoms. The van der Waals surface area contributed by atoms with Gasteiger partial charge >= 0.3 is 5.97 Å². The molecule has 1 N–H and O–H groups in total. The number of hydrogen-bond donors (Lipinski definition) is 1. The molecule has 0 saturated carbocycles. The maximum Gasteiger partial charge on any atom is 0.373 e. The Hall–Kier alpha value is -1.76. The summed E-state index contributed by atoms with van der Waals surface area (Å²) in [6.07, 6.45) is 1.68. The third kappa shape index (κ3) is 2.01. The van der Waals surface area contributed by atoms with Gasteiger partial charge in [0.25, 0.3) is 0 Å². The molecular weight excluding hydrogens is 300 g/mol. The normalized spacial score (nSPS) is 10.7. The van der Waals surface area contributed by atoms with Crippen LogP contribution in [0.4, 0.5) is 0 Å². The molecule has 0 amide bonds. The SMILES string of the molecule is Cc1nc(C(=O)O)nc(C)c1-c1c(Br)cnn1C. The Labute approximate surface area is 112 Å². The average molecular weight is 311 g/mol. The number of nitrogens with zero attached hydrogens (tertiary/aromatic N) is 4. The second-order valence-electron chi connectivity index (χ2n) is 3.86. The van der Waals surface area contributed by atoms with Gasteiger partial charge < -0.3 is 5.11 Å². The van der Waals surface area contributed by atoms with Crippen molar-refractivity contribution in [3.63, 3.8) is 0 Å². The Morgan fingerprint density at radius 1 is 1.33 bits per heavy atom. The monoisotopic (exact) mass is 310 g/mol. The predicted octanol–water partition coefficient (Wildman–Crippen LogP) is 1.95. The van der Waals surface area contributed by atoms with E-state index in [4.69, 9.17) is 5.11 Å². The van der Waals surface area contributed by atoms with Crippen LogP contribution < -0.4 is 0 Å². The highest BCUT2D eigenvalue weighted by molar-refractivity contribution is 9.10. The molecule has 0 fully saturated rings. The number of rotatable bonds is 2. The molecule has 0 bridgehead atoms. The van der Waals surface area contributed by atoms with E-state index in [9.17, 15) is 4.79 Å². The Kier molecular flexibility index (Phi) is 3.16. The number of carboxylic acids is 1. The van der Waals surface area contributed by atoms with E-state index in [2.05, 4.69) is 31.0 Å². The highest BCUT2D eigenvalue weighted by Crippen LogP contribution is 2.31. The summed E-state index contributed by atoms with van der Waals surface area (Å²) in [6.45, 7) is 3.52. The molecule has 94 valence electrons. The van der Waals surface area contributed by atoms with Crippen LogP contribution in [-0.2, 0) is 7.05 Å². The lowest BCUT2D eigenvalue weighted by Gasteiger charge is -2.10. The van der Waals surface area contributed by atoms with Crippen LogP contribution in [0.15, 0.2) is 10.7 Å². The number of hydrogen-bond acceptors (Lipinski definition) is 4. The van der Waals surface area contributed by atoms with E-state index in [-0.39, 0.29) is 5.82 Å². The standard InChI is InChI=1S/C11H11BrN4O2/c1-5-8(9-7(12)4-13-16(9)3)6(2)15-10(14-5)11(17)18/h4H,1-3H3,(H,17,18). The number of carboxylic acid groups (broad SMARTS) is 1. The van der Waals surface area contributed by atoms with Gasteiger partial charge in [-0.25, -0.2) is 14.8 Å². The average Bonchev–Trinajstić information content (AvgIpc) is 2.59. The number of carbonyl (C=O) groups is 1. The summed E-state index contributed by atoms with van der Waals surface area (Å²) >= 11 is 3.41. The molecule has 0 unspecified atom stereocenters. The van der Waals surface area contributed by atoms with E-state index in [1.165, 1.54) is 0 Å². The molecule has 0 aliphatic heterocycles. The molecule has 2 rings (SSSR count). The molecule has 0 aliphatic carbocycles. The maximum absolute atomic E-state index is 10.9. The fraction of sp³-hybridized carbons (Fsp3) is 0.273. The molecule has 0 saturated heterocycles. The zero-order valence-electron chi connectivity index (χ0n) is 10.1. The van der Waals surface area contributed by atoms with Gasteiger partial charge in [0.2, 0.25) is 5.82 Å². The van der Waals surface area contributed by atoms with Crippen molar-refractivity contribution in [2.45, 2.75) is 13.8 Å². The van der Waals surface area contributed by atoms with Gasteiger partial charge in [-0.1, -0.05) is 0 Å². The molecule has 0 aromatic carbocycles. The molecule has 2 aromatic heterocycles. The number of aromatic nitrogens is 4. The third-order valence-corrected chi connectivity index (χ3v) is 3.17. The molecule has 0 aliphatic rings. The zero-order valence-corrected chi connectivity index (χ0v) is 11.7. The number of aryl methyl sites for hydroxylation is 3. The molecule has 7 heteroatoms. The summed E-state index contributed by atoms with van der Waals surface area (Å²) in [6, 6.07) is 0. The predicted molar refractivity (Wildman–Crippen MR) is 68.4 cm³/mol. The molecular formula is C11H11BrN4O2. The summed E-state index contributed by atoms with van der Waals surface area (Å²) in [4.78, 5) is 18.9. The Balaban J connectivity index is 2.70. The van der Waals surface area contributed by atoms with Gasteiger partial charge in [0.1, 0.15) is 0 Å². The van der Waals surface area contributed by atoms with Gasteiger partial charge in [-0.3, -0.25) is 4.68 Å². The Morgan fingerprint density at radius 2 is 1.89 bits per heavy atom. The zero-order chi connectivity index (χ0) is 13.4. The van der Waals surface area contributed by atoms with Crippen LogP contribution in [0, 0.1) is 13.8 Å². The van der Waals surface area contributed by atoms with Gasteiger partial charge in [0, 0.05) is 12.6 Å². The van der Waals surface area contributed by atoms with Crippen LogP contribution in [0.2, 0.25) is 0 Å². The molecule has 0 atom stereocenters. The van der Waals surface area contributed by atoms with Crippen molar-refractivity contribution < 1.29 is 9.90 Å². The Bertz CT molecular complexity index is 593. The fourth-order valence-corrected chi connectivity index (χ4v) is 2.39. The van der Waals surface area contributed by atoms with Crippen LogP contribution in [0.1, 0.15) is 22.0 Å². The van der Waals surface area contributed by atoms with Crippen LogP contribution in [-0.4, -0.2) is 30.8 Å². The fourth-order valence-electron chi connectivity index (χ4n) is 1.85. The van der Waals surface area contributed by atoms with E-state index in [0.717, 1.165) is 15.7 Å². The largest absolute Gasteiger partial charge is 0.475 e. The molecule has 2 heterocycles. The first-order valence-corrected chi connectivity index (χ1v) is 5.97.